The number of H-pyrrole nitrogens is 1. The fraction of sp³-hybridized carbons (Fsp3) is 0.208. The number of nitrogens with one attached hydrogen (secondary N) is 2. The highest BCUT2D eigenvalue weighted by Crippen LogP contribution is 2.40. The van der Waals surface area contributed by atoms with Gasteiger partial charge >= 0.3 is 0 Å². The van der Waals surface area contributed by atoms with Gasteiger partial charge in [0.05, 0.1) is 38.3 Å². The van der Waals surface area contributed by atoms with E-state index in [2.05, 4.69) is 15.3 Å². The minimum atomic E-state index is -0.279. The van der Waals surface area contributed by atoms with E-state index in [9.17, 15) is 9.59 Å². The van der Waals surface area contributed by atoms with Crippen LogP contribution < -0.4 is 25.1 Å². The summed E-state index contributed by atoms with van der Waals surface area (Å²) in [5.41, 5.74) is 2.75. The van der Waals surface area contributed by atoms with E-state index in [4.69, 9.17) is 14.2 Å². The van der Waals surface area contributed by atoms with Crippen molar-refractivity contribution in [3.8, 4) is 22.9 Å². The molecule has 0 bridgehead atoms. The van der Waals surface area contributed by atoms with Crippen LogP contribution in [0.1, 0.15) is 5.69 Å². The lowest BCUT2D eigenvalue weighted by Gasteiger charge is -2.15. The average Bonchev–Trinajstić information content (AvgIpc) is 3.23. The van der Waals surface area contributed by atoms with E-state index in [0.29, 0.717) is 44.8 Å². The molecular formula is C24H24N4O5S. The van der Waals surface area contributed by atoms with E-state index in [1.807, 2.05) is 43.3 Å². The number of aromatic amines is 1. The topological polar surface area (TPSA) is 107 Å². The van der Waals surface area contributed by atoms with Gasteiger partial charge in [-0.2, -0.15) is 0 Å². The number of aryl methyl sites for hydroxylation is 1. The number of thioether (sulfide) groups is 1. The molecule has 2 aromatic heterocycles. The van der Waals surface area contributed by atoms with Gasteiger partial charge in [-0.1, -0.05) is 30.0 Å². The van der Waals surface area contributed by atoms with Crippen molar-refractivity contribution < 1.29 is 19.0 Å². The van der Waals surface area contributed by atoms with Crippen molar-refractivity contribution in [1.82, 2.24) is 14.5 Å². The average molecular weight is 481 g/mol. The van der Waals surface area contributed by atoms with Crippen molar-refractivity contribution in [3.05, 3.63) is 64.6 Å². The van der Waals surface area contributed by atoms with Gasteiger partial charge in [0.25, 0.3) is 5.56 Å². The quantitative estimate of drug-likeness (QED) is 0.292. The van der Waals surface area contributed by atoms with Crippen LogP contribution in [0.4, 0.5) is 5.69 Å². The number of methoxy groups -OCH3 is 3. The first-order valence-electron chi connectivity index (χ1n) is 10.4. The standard InChI is InChI=1S/C24H24N4O5S/c1-14-10-17-21(25-14)23(30)28(16-8-6-5-7-9-16)24(27-17)34-13-20(29)26-15-11-18(31-2)22(33-4)19(12-15)32-3/h5-12,25H,13H2,1-4H3,(H,26,29). The number of nitrogens with zero attached hydrogens (tertiary/aromatic N) is 2. The van der Waals surface area contributed by atoms with Gasteiger partial charge in [0.15, 0.2) is 16.7 Å². The van der Waals surface area contributed by atoms with E-state index in [1.165, 1.54) is 37.7 Å². The maximum Gasteiger partial charge on any atom is 0.283 e. The highest BCUT2D eigenvalue weighted by molar-refractivity contribution is 7.99. The number of rotatable bonds is 8. The molecule has 0 aliphatic heterocycles. The number of fused-ring (bicyclic) bond motifs is 1. The number of para-hydroxylation sites is 1. The molecule has 0 saturated carbocycles. The Hall–Kier alpha value is -3.92. The predicted molar refractivity (Wildman–Crippen MR) is 132 cm³/mol. The van der Waals surface area contributed by atoms with Gasteiger partial charge < -0.3 is 24.5 Å². The first-order chi connectivity index (χ1) is 16.4. The predicted octanol–water partition coefficient (Wildman–Crippen LogP) is 3.78. The van der Waals surface area contributed by atoms with Crippen LogP contribution in [0, 0.1) is 6.92 Å². The first kappa shape index (κ1) is 23.2. The summed E-state index contributed by atoms with van der Waals surface area (Å²) >= 11 is 1.17. The summed E-state index contributed by atoms with van der Waals surface area (Å²) < 4.78 is 17.5. The first-order valence-corrected chi connectivity index (χ1v) is 11.3. The number of aromatic nitrogens is 3. The number of hydrogen-bond acceptors (Lipinski definition) is 7. The van der Waals surface area contributed by atoms with Crippen LogP contribution in [-0.4, -0.2) is 47.5 Å². The summed E-state index contributed by atoms with van der Waals surface area (Å²) in [6.45, 7) is 1.87. The molecule has 0 atom stereocenters. The normalized spacial score (nSPS) is 10.8. The van der Waals surface area contributed by atoms with Gasteiger partial charge in [-0.05, 0) is 25.1 Å². The Balaban J connectivity index is 1.61. The van der Waals surface area contributed by atoms with Crippen molar-refractivity contribution in [2.45, 2.75) is 12.1 Å². The Kier molecular flexibility index (Phi) is 6.78. The molecule has 0 aliphatic rings. The van der Waals surface area contributed by atoms with Crippen LogP contribution in [0.25, 0.3) is 16.7 Å². The molecule has 2 heterocycles. The number of hydrogen-bond donors (Lipinski definition) is 2. The number of amides is 1. The Labute approximate surface area is 200 Å². The van der Waals surface area contributed by atoms with E-state index >= 15 is 0 Å². The van der Waals surface area contributed by atoms with Crippen molar-refractivity contribution in [2.75, 3.05) is 32.4 Å². The van der Waals surface area contributed by atoms with E-state index in [0.717, 1.165) is 5.69 Å². The third kappa shape index (κ3) is 4.58. The molecule has 9 nitrogen and oxygen atoms in total. The number of anilines is 1. The summed E-state index contributed by atoms with van der Waals surface area (Å²) in [7, 11) is 4.52. The van der Waals surface area contributed by atoms with Crippen molar-refractivity contribution in [3.63, 3.8) is 0 Å². The highest BCUT2D eigenvalue weighted by Gasteiger charge is 2.18. The molecule has 0 spiro atoms. The minimum Gasteiger partial charge on any atom is -0.493 e. The second kappa shape index (κ2) is 9.92. The number of benzene rings is 2. The lowest BCUT2D eigenvalue weighted by molar-refractivity contribution is -0.113. The molecule has 2 aromatic carbocycles. The number of ether oxygens (including phenoxy) is 3. The number of carbonyl (C=O) groups excluding carboxylic acids is 1. The van der Waals surface area contributed by atoms with E-state index in [-0.39, 0.29) is 17.2 Å². The fourth-order valence-corrected chi connectivity index (χ4v) is 4.37. The van der Waals surface area contributed by atoms with Crippen LogP contribution >= 0.6 is 11.8 Å². The molecule has 10 heteroatoms. The molecule has 1 amide bonds. The number of carbonyl (C=O) groups is 1. The molecule has 4 aromatic rings. The van der Waals surface area contributed by atoms with Gasteiger partial charge in [-0.25, -0.2) is 4.98 Å². The molecule has 0 radical (unpaired) electrons. The SMILES string of the molecule is COc1cc(NC(=O)CSc2nc3cc(C)[nH]c3c(=O)n2-c2ccccc2)cc(OC)c1OC. The maximum atomic E-state index is 13.2. The lowest BCUT2D eigenvalue weighted by Crippen LogP contribution is -2.23. The van der Waals surface area contributed by atoms with Gasteiger partial charge in [0.2, 0.25) is 11.7 Å². The molecular weight excluding hydrogens is 456 g/mol. The third-order valence-electron chi connectivity index (χ3n) is 5.05. The monoisotopic (exact) mass is 480 g/mol. The molecule has 2 N–H and O–H groups in total. The largest absolute Gasteiger partial charge is 0.493 e. The Morgan fingerprint density at radius 1 is 1.06 bits per heavy atom. The van der Waals surface area contributed by atoms with Crippen molar-refractivity contribution in [1.29, 1.82) is 0 Å². The second-order valence-corrected chi connectivity index (χ2v) is 8.28. The highest BCUT2D eigenvalue weighted by atomic mass is 32.2. The Morgan fingerprint density at radius 3 is 2.35 bits per heavy atom. The maximum absolute atomic E-state index is 13.2. The molecule has 176 valence electrons. The van der Waals surface area contributed by atoms with E-state index < -0.39 is 0 Å². The van der Waals surface area contributed by atoms with E-state index in [1.54, 1.807) is 12.1 Å². The zero-order valence-corrected chi connectivity index (χ0v) is 20.0. The Bertz CT molecular complexity index is 1370. The lowest BCUT2D eigenvalue weighted by atomic mass is 10.2. The van der Waals surface area contributed by atoms with Gasteiger partial charge in [-0.15, -0.1) is 0 Å². The minimum absolute atomic E-state index is 0.0326. The van der Waals surface area contributed by atoms with Gasteiger partial charge in [0, 0.05) is 23.5 Å². The Morgan fingerprint density at radius 2 is 1.74 bits per heavy atom. The smallest absolute Gasteiger partial charge is 0.283 e. The molecule has 0 unspecified atom stereocenters. The van der Waals surface area contributed by atoms with Gasteiger partial charge in [-0.3, -0.25) is 14.2 Å². The second-order valence-electron chi connectivity index (χ2n) is 7.33. The van der Waals surface area contributed by atoms with Crippen LogP contribution in [0.5, 0.6) is 17.2 Å². The molecule has 0 saturated heterocycles. The fourth-order valence-electron chi connectivity index (χ4n) is 3.56. The molecule has 4 rings (SSSR count). The third-order valence-corrected chi connectivity index (χ3v) is 5.99. The molecule has 34 heavy (non-hydrogen) atoms. The van der Waals surface area contributed by atoms with Gasteiger partial charge in [0.1, 0.15) is 5.52 Å². The summed E-state index contributed by atoms with van der Waals surface area (Å²) in [6, 6.07) is 14.3. The van der Waals surface area contributed by atoms with Crippen molar-refractivity contribution in [2.24, 2.45) is 0 Å². The zero-order valence-electron chi connectivity index (χ0n) is 19.2. The summed E-state index contributed by atoms with van der Waals surface area (Å²) in [5, 5.41) is 3.25. The van der Waals surface area contributed by atoms with Crippen molar-refractivity contribution >= 4 is 34.4 Å². The van der Waals surface area contributed by atoms with Crippen LogP contribution in [0.15, 0.2) is 58.5 Å². The summed E-state index contributed by atoms with van der Waals surface area (Å²) in [4.78, 5) is 33.7. The summed E-state index contributed by atoms with van der Waals surface area (Å²) in [5.74, 6) is 1.04. The van der Waals surface area contributed by atoms with Crippen LogP contribution in [0.3, 0.4) is 0 Å². The summed E-state index contributed by atoms with van der Waals surface area (Å²) in [6.07, 6.45) is 0. The van der Waals surface area contributed by atoms with Crippen LogP contribution in [-0.2, 0) is 4.79 Å². The zero-order chi connectivity index (χ0) is 24.2. The molecule has 0 aliphatic carbocycles. The molecule has 0 fully saturated rings. The van der Waals surface area contributed by atoms with Crippen LogP contribution in [0.2, 0.25) is 0 Å².